The van der Waals surface area contributed by atoms with Crippen LogP contribution in [0.1, 0.15) is 30.0 Å². The average Bonchev–Trinajstić information content (AvgIpc) is 2.83. The zero-order chi connectivity index (χ0) is 22.2. The average molecular weight is 431 g/mol. The summed E-state index contributed by atoms with van der Waals surface area (Å²) in [5, 5.41) is 0. The molecule has 0 aromatic heterocycles. The number of ether oxygens (including phenoxy) is 3. The lowest BCUT2D eigenvalue weighted by Crippen LogP contribution is -2.54. The molecule has 0 N–H and O–H groups in total. The molecule has 1 aliphatic carbocycles. The number of Topliss-reactive ketones (excluding diaryl/α,β-unsaturated/α-hetero) is 1. The maximum Gasteiger partial charge on any atom is 0.164 e. The minimum Gasteiger partial charge on any atom is -0.370 e. The predicted molar refractivity (Wildman–Crippen MR) is 124 cm³/mol. The van der Waals surface area contributed by atoms with Gasteiger partial charge in [0.15, 0.2) is 5.78 Å². The highest BCUT2D eigenvalue weighted by atomic mass is 16.6. The largest absolute Gasteiger partial charge is 0.370 e. The Morgan fingerprint density at radius 1 is 0.625 bits per heavy atom. The van der Waals surface area contributed by atoms with Crippen molar-refractivity contribution < 1.29 is 19.0 Å². The summed E-state index contributed by atoms with van der Waals surface area (Å²) in [5.74, 6) is 0.120. The van der Waals surface area contributed by atoms with Gasteiger partial charge in [-0.25, -0.2) is 0 Å². The second kappa shape index (κ2) is 11.2. The van der Waals surface area contributed by atoms with Crippen molar-refractivity contribution in [3.8, 4) is 0 Å². The van der Waals surface area contributed by atoms with Crippen LogP contribution in [0, 0.1) is 5.92 Å². The van der Waals surface area contributed by atoms with Gasteiger partial charge in [0, 0.05) is 6.42 Å². The van der Waals surface area contributed by atoms with Crippen LogP contribution in [-0.2, 0) is 38.8 Å². The van der Waals surface area contributed by atoms with Crippen molar-refractivity contribution in [2.75, 3.05) is 0 Å². The summed E-state index contributed by atoms with van der Waals surface area (Å²) in [6.07, 6.45) is -0.948. The lowest BCUT2D eigenvalue weighted by Gasteiger charge is -2.40. The topological polar surface area (TPSA) is 44.8 Å². The number of carbonyl (C=O) groups is 1. The highest BCUT2D eigenvalue weighted by molar-refractivity contribution is 5.85. The van der Waals surface area contributed by atoms with Crippen molar-refractivity contribution in [1.29, 1.82) is 0 Å². The first-order valence-electron chi connectivity index (χ1n) is 11.2. The van der Waals surface area contributed by atoms with Gasteiger partial charge in [-0.3, -0.25) is 4.79 Å². The summed E-state index contributed by atoms with van der Waals surface area (Å²) in [6, 6.07) is 30.0. The highest BCUT2D eigenvalue weighted by Gasteiger charge is 2.45. The van der Waals surface area contributed by atoms with Gasteiger partial charge >= 0.3 is 0 Å². The number of benzene rings is 3. The van der Waals surface area contributed by atoms with Gasteiger partial charge in [-0.2, -0.15) is 0 Å². The van der Waals surface area contributed by atoms with Gasteiger partial charge in [0.05, 0.1) is 25.9 Å². The number of hydrogen-bond donors (Lipinski definition) is 0. The normalized spacial score (nSPS) is 23.2. The van der Waals surface area contributed by atoms with Gasteiger partial charge in [0.2, 0.25) is 0 Å². The molecule has 0 bridgehead atoms. The van der Waals surface area contributed by atoms with Crippen LogP contribution in [0.3, 0.4) is 0 Å². The first-order chi connectivity index (χ1) is 15.7. The van der Waals surface area contributed by atoms with Gasteiger partial charge in [0.25, 0.3) is 0 Å². The predicted octanol–water partition coefficient (Wildman–Crippen LogP) is 5.35. The second-order valence-electron chi connectivity index (χ2n) is 8.39. The van der Waals surface area contributed by atoms with E-state index in [9.17, 15) is 4.79 Å². The first-order valence-corrected chi connectivity index (χ1v) is 11.2. The third kappa shape index (κ3) is 5.92. The number of carbonyl (C=O) groups excluding carboxylic acids is 1. The van der Waals surface area contributed by atoms with Crippen molar-refractivity contribution in [1.82, 2.24) is 0 Å². The molecular formula is C28H30O4. The van der Waals surface area contributed by atoms with E-state index in [4.69, 9.17) is 14.2 Å². The molecular weight excluding hydrogens is 400 g/mol. The van der Waals surface area contributed by atoms with Crippen molar-refractivity contribution in [3.63, 3.8) is 0 Å². The fourth-order valence-electron chi connectivity index (χ4n) is 4.15. The molecule has 4 heteroatoms. The molecule has 1 aliphatic rings. The van der Waals surface area contributed by atoms with Crippen LogP contribution in [0.25, 0.3) is 0 Å². The van der Waals surface area contributed by atoms with Crippen molar-refractivity contribution in [2.45, 2.75) is 51.5 Å². The van der Waals surface area contributed by atoms with Crippen LogP contribution in [0.2, 0.25) is 0 Å². The zero-order valence-electron chi connectivity index (χ0n) is 18.4. The molecule has 0 spiro atoms. The molecule has 0 saturated heterocycles. The Bertz CT molecular complexity index is 958. The van der Waals surface area contributed by atoms with Crippen LogP contribution in [0.5, 0.6) is 0 Å². The molecule has 166 valence electrons. The molecule has 0 amide bonds. The summed E-state index contributed by atoms with van der Waals surface area (Å²) < 4.78 is 18.9. The van der Waals surface area contributed by atoms with Crippen LogP contribution in [0.4, 0.5) is 0 Å². The van der Waals surface area contributed by atoms with Gasteiger partial charge in [-0.15, -0.1) is 0 Å². The van der Waals surface area contributed by atoms with Crippen LogP contribution in [-0.4, -0.2) is 24.1 Å². The molecule has 4 nitrogen and oxygen atoms in total. The SMILES string of the molecule is CC1CC(=O)[C@H](OCc2ccccc2)[C@@H](OCc2ccccc2)[C@H]1OCc1ccccc1. The van der Waals surface area contributed by atoms with Crippen molar-refractivity contribution in [3.05, 3.63) is 108 Å². The van der Waals surface area contributed by atoms with Crippen molar-refractivity contribution in [2.24, 2.45) is 5.92 Å². The molecule has 4 atom stereocenters. The number of rotatable bonds is 9. The Hall–Kier alpha value is -2.79. The van der Waals surface area contributed by atoms with Gasteiger partial charge in [0.1, 0.15) is 12.2 Å². The fourth-order valence-corrected chi connectivity index (χ4v) is 4.15. The molecule has 32 heavy (non-hydrogen) atoms. The molecule has 0 aliphatic heterocycles. The molecule has 3 aromatic rings. The van der Waals surface area contributed by atoms with Gasteiger partial charge < -0.3 is 14.2 Å². The molecule has 0 radical (unpaired) electrons. The lowest BCUT2D eigenvalue weighted by atomic mass is 9.82. The van der Waals surface area contributed by atoms with Gasteiger partial charge in [-0.05, 0) is 22.6 Å². The van der Waals surface area contributed by atoms with Crippen LogP contribution < -0.4 is 0 Å². The van der Waals surface area contributed by atoms with E-state index in [0.29, 0.717) is 26.2 Å². The quantitative estimate of drug-likeness (QED) is 0.459. The highest BCUT2D eigenvalue weighted by Crippen LogP contribution is 2.31. The maximum absolute atomic E-state index is 13.0. The van der Waals surface area contributed by atoms with E-state index in [1.165, 1.54) is 0 Å². The summed E-state index contributed by atoms with van der Waals surface area (Å²) in [7, 11) is 0. The van der Waals surface area contributed by atoms with Crippen LogP contribution >= 0.6 is 0 Å². The molecule has 0 heterocycles. The summed E-state index contributed by atoms with van der Waals surface area (Å²) in [4.78, 5) is 13.0. The zero-order valence-corrected chi connectivity index (χ0v) is 18.4. The minimum atomic E-state index is -0.657. The smallest absolute Gasteiger partial charge is 0.164 e. The van der Waals surface area contributed by atoms with E-state index >= 15 is 0 Å². The summed E-state index contributed by atoms with van der Waals surface area (Å²) in [5.41, 5.74) is 3.18. The third-order valence-corrected chi connectivity index (χ3v) is 5.87. The third-order valence-electron chi connectivity index (χ3n) is 5.87. The molecule has 4 rings (SSSR count). The Balaban J connectivity index is 1.51. The van der Waals surface area contributed by atoms with Crippen LogP contribution in [0.15, 0.2) is 91.0 Å². The van der Waals surface area contributed by atoms with Gasteiger partial charge in [-0.1, -0.05) is 97.9 Å². The summed E-state index contributed by atoms with van der Waals surface area (Å²) in [6.45, 7) is 3.30. The Labute approximate surface area is 190 Å². The first kappa shape index (κ1) is 22.4. The minimum absolute atomic E-state index is 0.0450. The molecule has 1 unspecified atom stereocenters. The molecule has 1 fully saturated rings. The molecule has 3 aromatic carbocycles. The maximum atomic E-state index is 13.0. The van der Waals surface area contributed by atoms with E-state index in [-0.39, 0.29) is 17.8 Å². The standard InChI is InChI=1S/C28H30O4/c1-21-17-25(29)27(31-19-23-13-7-3-8-14-23)28(32-20-24-15-9-4-10-16-24)26(21)30-18-22-11-5-2-6-12-22/h2-16,21,26-28H,17-20H2,1H3/t21?,26-,27-,28-/m0/s1. The molecule has 1 saturated carbocycles. The van der Waals surface area contributed by atoms with E-state index in [1.807, 2.05) is 91.0 Å². The van der Waals surface area contributed by atoms with E-state index in [2.05, 4.69) is 6.92 Å². The number of hydrogen-bond acceptors (Lipinski definition) is 4. The Morgan fingerprint density at radius 3 is 1.50 bits per heavy atom. The van der Waals surface area contributed by atoms with Crippen molar-refractivity contribution >= 4 is 5.78 Å². The monoisotopic (exact) mass is 430 g/mol. The Kier molecular flexibility index (Phi) is 7.83. The Morgan fingerprint density at radius 2 is 1.03 bits per heavy atom. The lowest BCUT2D eigenvalue weighted by molar-refractivity contribution is -0.189. The fraction of sp³-hybridized carbons (Fsp3) is 0.321. The second-order valence-corrected chi connectivity index (χ2v) is 8.39. The van der Waals surface area contributed by atoms with E-state index < -0.39 is 12.2 Å². The number of ketones is 1. The van der Waals surface area contributed by atoms with E-state index in [0.717, 1.165) is 16.7 Å². The summed E-state index contributed by atoms with van der Waals surface area (Å²) >= 11 is 0. The van der Waals surface area contributed by atoms with E-state index in [1.54, 1.807) is 0 Å².